The summed E-state index contributed by atoms with van der Waals surface area (Å²) in [7, 11) is 1.96. The Hall–Kier alpha value is -3.04. The first-order valence-corrected chi connectivity index (χ1v) is 12.9. The zero-order valence-electron chi connectivity index (χ0n) is 19.4. The van der Waals surface area contributed by atoms with Crippen molar-refractivity contribution in [2.45, 2.75) is 32.1 Å². The third-order valence-electron chi connectivity index (χ3n) is 7.22. The molecule has 0 bridgehead atoms. The van der Waals surface area contributed by atoms with Gasteiger partial charge in [-0.25, -0.2) is 9.97 Å². The highest BCUT2D eigenvalue weighted by Crippen LogP contribution is 2.40. The Morgan fingerprint density at radius 1 is 1.29 bits per heavy atom. The molecule has 34 heavy (non-hydrogen) atoms. The van der Waals surface area contributed by atoms with Gasteiger partial charge < -0.3 is 15.1 Å². The molecule has 1 aliphatic carbocycles. The maximum Gasteiger partial charge on any atom is 0.225 e. The molecular weight excluding hydrogens is 446 g/mol. The molecule has 6 rings (SSSR count). The molecule has 1 atom stereocenters. The van der Waals surface area contributed by atoms with Gasteiger partial charge in [-0.15, -0.1) is 11.3 Å². The molecule has 0 spiro atoms. The van der Waals surface area contributed by atoms with Gasteiger partial charge in [0.05, 0.1) is 17.1 Å². The molecule has 4 aromatic rings. The lowest BCUT2D eigenvalue weighted by molar-refractivity contribution is -0.134. The Kier molecular flexibility index (Phi) is 5.66. The molecule has 2 N–H and O–H groups in total. The summed E-state index contributed by atoms with van der Waals surface area (Å²) in [5, 5.41) is 12.7. The number of aromatic nitrogens is 4. The Morgan fingerprint density at radius 2 is 2.18 bits per heavy atom. The molecular formula is C25H29N7OS. The number of amides is 1. The van der Waals surface area contributed by atoms with Crippen LogP contribution in [-0.4, -0.2) is 69.1 Å². The fourth-order valence-electron chi connectivity index (χ4n) is 5.29. The second-order valence-electron chi connectivity index (χ2n) is 9.45. The van der Waals surface area contributed by atoms with Crippen molar-refractivity contribution in [3.63, 3.8) is 0 Å². The van der Waals surface area contributed by atoms with Crippen LogP contribution >= 0.6 is 11.3 Å². The lowest BCUT2D eigenvalue weighted by Gasteiger charge is -2.28. The molecule has 0 radical (unpaired) electrons. The fourth-order valence-corrected chi connectivity index (χ4v) is 6.56. The highest BCUT2D eigenvalue weighted by molar-refractivity contribution is 7.19. The van der Waals surface area contributed by atoms with E-state index in [-0.39, 0.29) is 11.8 Å². The number of hydrogen-bond acceptors (Lipinski definition) is 7. The van der Waals surface area contributed by atoms with Crippen LogP contribution in [-0.2, 0) is 17.6 Å². The van der Waals surface area contributed by atoms with E-state index in [1.54, 1.807) is 17.7 Å². The average Bonchev–Trinajstić information content (AvgIpc) is 3.61. The van der Waals surface area contributed by atoms with Gasteiger partial charge in [-0.2, -0.15) is 5.10 Å². The van der Waals surface area contributed by atoms with Crippen LogP contribution in [0.25, 0.3) is 21.1 Å². The van der Waals surface area contributed by atoms with Gasteiger partial charge in [0, 0.05) is 42.0 Å². The number of nitrogens with one attached hydrogen (secondary N) is 2. The molecule has 176 valence electrons. The summed E-state index contributed by atoms with van der Waals surface area (Å²) in [6.07, 6.45) is 8.57. The summed E-state index contributed by atoms with van der Waals surface area (Å²) in [6, 6.07) is 6.11. The maximum absolute atomic E-state index is 13.2. The highest BCUT2D eigenvalue weighted by atomic mass is 32.1. The molecule has 0 unspecified atom stereocenters. The number of aromatic amines is 1. The summed E-state index contributed by atoms with van der Waals surface area (Å²) in [5.74, 6) is 1.16. The number of benzene rings is 1. The van der Waals surface area contributed by atoms with Crippen LogP contribution in [0.5, 0.6) is 0 Å². The number of carbonyl (C=O) groups is 1. The van der Waals surface area contributed by atoms with Crippen molar-refractivity contribution in [3.05, 3.63) is 41.2 Å². The predicted octanol–water partition coefficient (Wildman–Crippen LogP) is 3.97. The van der Waals surface area contributed by atoms with Crippen LogP contribution < -0.4 is 5.32 Å². The van der Waals surface area contributed by atoms with E-state index >= 15 is 0 Å². The predicted molar refractivity (Wildman–Crippen MR) is 136 cm³/mol. The minimum absolute atomic E-state index is 0.0528. The van der Waals surface area contributed by atoms with E-state index in [0.717, 1.165) is 65.0 Å². The normalized spacial score (nSPS) is 18.4. The van der Waals surface area contributed by atoms with Gasteiger partial charge in [-0.3, -0.25) is 9.89 Å². The van der Waals surface area contributed by atoms with Gasteiger partial charge in [-0.1, -0.05) is 0 Å². The topological polar surface area (TPSA) is 90.0 Å². The van der Waals surface area contributed by atoms with Gasteiger partial charge in [0.25, 0.3) is 0 Å². The van der Waals surface area contributed by atoms with E-state index in [1.165, 1.54) is 36.4 Å². The Morgan fingerprint density at radius 3 is 3.06 bits per heavy atom. The van der Waals surface area contributed by atoms with E-state index in [4.69, 9.17) is 0 Å². The highest BCUT2D eigenvalue weighted by Gasteiger charge is 2.30. The summed E-state index contributed by atoms with van der Waals surface area (Å²) in [4.78, 5) is 29.0. The smallest absolute Gasteiger partial charge is 0.225 e. The van der Waals surface area contributed by atoms with Gasteiger partial charge >= 0.3 is 0 Å². The standard InChI is InChI=1S/C25H29N7OS/c1-31(10-11-32-8-2-3-9-32)25(33)16-4-6-19-21(13-16)34-24-22(19)23(26-15-27-24)29-18-5-7-20-17(12-18)14-28-30-20/h5,7,12,14-16H,2-4,6,8-11,13H2,1H3,(H,28,30)(H,26,27,29)/t16-/m0/s1. The minimum atomic E-state index is 0.0528. The van der Waals surface area contributed by atoms with E-state index in [2.05, 4.69) is 36.4 Å². The maximum atomic E-state index is 13.2. The van der Waals surface area contributed by atoms with Crippen molar-refractivity contribution in [2.24, 2.45) is 5.92 Å². The molecule has 1 amide bonds. The van der Waals surface area contributed by atoms with Crippen LogP contribution in [0.4, 0.5) is 11.5 Å². The molecule has 1 saturated heterocycles. The number of H-pyrrole nitrogens is 1. The Balaban J connectivity index is 1.20. The average molecular weight is 476 g/mol. The molecule has 8 nitrogen and oxygen atoms in total. The largest absolute Gasteiger partial charge is 0.344 e. The minimum Gasteiger partial charge on any atom is -0.344 e. The second-order valence-corrected chi connectivity index (χ2v) is 10.5. The van der Waals surface area contributed by atoms with Crippen molar-refractivity contribution in [3.8, 4) is 0 Å². The first kappa shape index (κ1) is 21.5. The second kappa shape index (κ2) is 8.96. The third kappa shape index (κ3) is 4.03. The van der Waals surface area contributed by atoms with E-state index < -0.39 is 0 Å². The van der Waals surface area contributed by atoms with Crippen molar-refractivity contribution in [1.29, 1.82) is 0 Å². The number of likely N-dealkylation sites (N-methyl/N-ethyl adjacent to an activating group) is 1. The quantitative estimate of drug-likeness (QED) is 0.439. The number of nitrogens with zero attached hydrogens (tertiary/aromatic N) is 5. The van der Waals surface area contributed by atoms with Crippen LogP contribution in [0.1, 0.15) is 29.7 Å². The lowest BCUT2D eigenvalue weighted by atomic mass is 9.87. The Bertz CT molecular complexity index is 1340. The summed E-state index contributed by atoms with van der Waals surface area (Å²) in [5.41, 5.74) is 3.28. The first-order chi connectivity index (χ1) is 16.7. The number of carbonyl (C=O) groups excluding carboxylic acids is 1. The summed E-state index contributed by atoms with van der Waals surface area (Å²) >= 11 is 1.71. The van der Waals surface area contributed by atoms with E-state index in [1.807, 2.05) is 30.3 Å². The zero-order chi connectivity index (χ0) is 23.1. The number of likely N-dealkylation sites (tertiary alicyclic amines) is 1. The number of fused-ring (bicyclic) bond motifs is 4. The monoisotopic (exact) mass is 475 g/mol. The van der Waals surface area contributed by atoms with Crippen molar-refractivity contribution in [2.75, 3.05) is 38.5 Å². The van der Waals surface area contributed by atoms with Crippen LogP contribution in [0.15, 0.2) is 30.7 Å². The van der Waals surface area contributed by atoms with E-state index in [9.17, 15) is 4.79 Å². The van der Waals surface area contributed by atoms with Crippen molar-refractivity contribution < 1.29 is 4.79 Å². The molecule has 4 heterocycles. The van der Waals surface area contributed by atoms with Gasteiger partial charge in [0.2, 0.25) is 5.91 Å². The number of rotatable bonds is 6. The number of aryl methyl sites for hydroxylation is 1. The molecule has 1 fully saturated rings. The first-order valence-electron chi connectivity index (χ1n) is 12.1. The molecule has 0 saturated carbocycles. The summed E-state index contributed by atoms with van der Waals surface area (Å²) < 4.78 is 0. The van der Waals surface area contributed by atoms with Crippen molar-refractivity contribution in [1.82, 2.24) is 30.0 Å². The zero-order valence-corrected chi connectivity index (χ0v) is 20.2. The van der Waals surface area contributed by atoms with Gasteiger partial charge in [-0.05, 0) is 69.0 Å². The summed E-state index contributed by atoms with van der Waals surface area (Å²) in [6.45, 7) is 4.14. The van der Waals surface area contributed by atoms with Crippen molar-refractivity contribution >= 4 is 49.9 Å². The molecule has 3 aromatic heterocycles. The molecule has 1 aromatic carbocycles. The SMILES string of the molecule is CN(CCN1CCCC1)C(=O)[C@H]1CCc2c(sc3ncnc(Nc4ccc5[nH]ncc5c4)c23)C1. The molecule has 2 aliphatic rings. The molecule has 1 aliphatic heterocycles. The fraction of sp³-hybridized carbons (Fsp3) is 0.440. The lowest BCUT2D eigenvalue weighted by Crippen LogP contribution is -2.39. The van der Waals surface area contributed by atoms with Gasteiger partial charge in [0.1, 0.15) is 17.0 Å². The number of thiophene rings is 1. The Labute approximate surface area is 202 Å². The van der Waals surface area contributed by atoms with Crippen LogP contribution in [0, 0.1) is 5.92 Å². The van der Waals surface area contributed by atoms with Crippen LogP contribution in [0.2, 0.25) is 0 Å². The third-order valence-corrected chi connectivity index (χ3v) is 8.39. The van der Waals surface area contributed by atoms with Gasteiger partial charge in [0.15, 0.2) is 0 Å². The number of anilines is 2. The molecule has 9 heteroatoms. The van der Waals surface area contributed by atoms with E-state index in [0.29, 0.717) is 0 Å². The van der Waals surface area contributed by atoms with Crippen LogP contribution in [0.3, 0.4) is 0 Å². The number of hydrogen-bond donors (Lipinski definition) is 2.